The molecule has 2 rings (SSSR count). The van der Waals surface area contributed by atoms with Gasteiger partial charge in [0.1, 0.15) is 17.8 Å². The van der Waals surface area contributed by atoms with Gasteiger partial charge in [-0.2, -0.15) is 0 Å². The maximum atomic E-state index is 11.4. The van der Waals surface area contributed by atoms with E-state index in [9.17, 15) is 9.90 Å². The predicted octanol–water partition coefficient (Wildman–Crippen LogP) is 3.78. The Morgan fingerprint density at radius 3 is 1.85 bits per heavy atom. The molecule has 0 radical (unpaired) electrons. The van der Waals surface area contributed by atoms with E-state index in [-0.39, 0.29) is 30.1 Å². The summed E-state index contributed by atoms with van der Waals surface area (Å²) in [5.41, 5.74) is 0.193. The lowest BCUT2D eigenvalue weighted by Crippen LogP contribution is -2.18. The highest BCUT2D eigenvalue weighted by Crippen LogP contribution is 2.29. The lowest BCUT2D eigenvalue weighted by molar-refractivity contribution is -0.134. The van der Waals surface area contributed by atoms with Crippen molar-refractivity contribution in [1.29, 1.82) is 0 Å². The summed E-state index contributed by atoms with van der Waals surface area (Å²) in [6.45, 7) is 3.62. The number of hydrogen-bond acceptors (Lipinski definition) is 3. The van der Waals surface area contributed by atoms with Gasteiger partial charge in [0, 0.05) is 6.42 Å². The lowest BCUT2D eigenvalue weighted by atomic mass is 10.2. The van der Waals surface area contributed by atoms with Crippen LogP contribution in [0.15, 0.2) is 24.2 Å². The average molecular weight is 280 g/mol. The van der Waals surface area contributed by atoms with Gasteiger partial charge < -0.3 is 14.6 Å². The minimum Gasteiger partial charge on any atom is -0.478 e. The number of ether oxygens (including phenoxy) is 2. The van der Waals surface area contributed by atoms with Crippen molar-refractivity contribution in [2.75, 3.05) is 0 Å². The first-order chi connectivity index (χ1) is 9.70. The first kappa shape index (κ1) is 14.9. The zero-order chi connectivity index (χ0) is 14.4. The number of allylic oxidation sites excluding steroid dienone is 1. The maximum Gasteiger partial charge on any atom is 0.339 e. The Morgan fingerprint density at radius 2 is 1.50 bits per heavy atom. The minimum atomic E-state index is -0.976. The molecule has 2 fully saturated rings. The number of carboxylic acids is 1. The SMILES string of the molecule is C=CCC(C(=O)O)=C(OC1CCCC1)OC1CCCC1. The quantitative estimate of drug-likeness (QED) is 0.438. The first-order valence-electron chi connectivity index (χ1n) is 7.61. The van der Waals surface area contributed by atoms with Crippen LogP contribution in [0, 0.1) is 0 Å². The van der Waals surface area contributed by atoms with Crippen molar-refractivity contribution in [2.45, 2.75) is 70.0 Å². The zero-order valence-corrected chi connectivity index (χ0v) is 12.0. The summed E-state index contributed by atoms with van der Waals surface area (Å²) in [5.74, 6) is -0.743. The fourth-order valence-electron chi connectivity index (χ4n) is 2.89. The molecule has 0 aromatic rings. The molecule has 0 bridgehead atoms. The highest BCUT2D eigenvalue weighted by Gasteiger charge is 2.26. The van der Waals surface area contributed by atoms with Crippen molar-refractivity contribution >= 4 is 5.97 Å². The number of rotatable bonds is 7. The van der Waals surface area contributed by atoms with E-state index in [1.807, 2.05) is 0 Å². The Hall–Kier alpha value is -1.45. The predicted molar refractivity (Wildman–Crippen MR) is 76.2 cm³/mol. The molecule has 0 spiro atoms. The van der Waals surface area contributed by atoms with E-state index >= 15 is 0 Å². The van der Waals surface area contributed by atoms with Gasteiger partial charge in [0.15, 0.2) is 0 Å². The highest BCUT2D eigenvalue weighted by atomic mass is 16.7. The average Bonchev–Trinajstić information content (AvgIpc) is 3.08. The molecule has 4 heteroatoms. The lowest BCUT2D eigenvalue weighted by Gasteiger charge is -2.22. The van der Waals surface area contributed by atoms with Crippen LogP contribution in [0.4, 0.5) is 0 Å². The van der Waals surface area contributed by atoms with Crippen molar-refractivity contribution < 1.29 is 19.4 Å². The van der Waals surface area contributed by atoms with Crippen LogP contribution in [0.3, 0.4) is 0 Å². The summed E-state index contributed by atoms with van der Waals surface area (Å²) in [4.78, 5) is 11.4. The van der Waals surface area contributed by atoms with E-state index in [2.05, 4.69) is 6.58 Å². The molecule has 2 aliphatic rings. The van der Waals surface area contributed by atoms with E-state index < -0.39 is 5.97 Å². The molecule has 0 aromatic carbocycles. The molecular formula is C16H24O4. The second kappa shape index (κ2) is 7.36. The summed E-state index contributed by atoms with van der Waals surface area (Å²) >= 11 is 0. The van der Waals surface area contributed by atoms with Crippen LogP contribution in [0.2, 0.25) is 0 Å². The molecular weight excluding hydrogens is 256 g/mol. The zero-order valence-electron chi connectivity index (χ0n) is 12.0. The fraction of sp³-hybridized carbons (Fsp3) is 0.688. The van der Waals surface area contributed by atoms with Crippen LogP contribution in [-0.2, 0) is 14.3 Å². The van der Waals surface area contributed by atoms with Crippen LogP contribution in [-0.4, -0.2) is 23.3 Å². The Balaban J connectivity index is 2.12. The van der Waals surface area contributed by atoms with Crippen LogP contribution in [0.25, 0.3) is 0 Å². The molecule has 1 N–H and O–H groups in total. The van der Waals surface area contributed by atoms with Gasteiger partial charge >= 0.3 is 5.97 Å². The number of carbonyl (C=O) groups is 1. The third-order valence-electron chi connectivity index (χ3n) is 4.00. The topological polar surface area (TPSA) is 55.8 Å². The fourth-order valence-corrected chi connectivity index (χ4v) is 2.89. The van der Waals surface area contributed by atoms with E-state index in [0.717, 1.165) is 51.4 Å². The Bertz CT molecular complexity index is 354. The Morgan fingerprint density at radius 1 is 1.05 bits per heavy atom. The van der Waals surface area contributed by atoms with Crippen LogP contribution < -0.4 is 0 Å². The monoisotopic (exact) mass is 280 g/mol. The van der Waals surface area contributed by atoms with E-state index in [1.165, 1.54) is 0 Å². The molecule has 112 valence electrons. The number of hydrogen-bond donors (Lipinski definition) is 1. The van der Waals surface area contributed by atoms with Gasteiger partial charge in [-0.15, -0.1) is 6.58 Å². The van der Waals surface area contributed by atoms with Crippen molar-refractivity contribution in [3.05, 3.63) is 24.2 Å². The Kier molecular flexibility index (Phi) is 5.50. The van der Waals surface area contributed by atoms with Gasteiger partial charge in [0.25, 0.3) is 5.95 Å². The molecule has 0 atom stereocenters. The third kappa shape index (κ3) is 4.02. The van der Waals surface area contributed by atoms with Gasteiger partial charge in [-0.1, -0.05) is 6.08 Å². The normalized spacial score (nSPS) is 19.8. The van der Waals surface area contributed by atoms with Crippen molar-refractivity contribution in [2.24, 2.45) is 0 Å². The smallest absolute Gasteiger partial charge is 0.339 e. The van der Waals surface area contributed by atoms with Gasteiger partial charge in [0.2, 0.25) is 0 Å². The van der Waals surface area contributed by atoms with E-state index in [0.29, 0.717) is 0 Å². The molecule has 0 amide bonds. The van der Waals surface area contributed by atoms with Crippen LogP contribution in [0.5, 0.6) is 0 Å². The van der Waals surface area contributed by atoms with E-state index in [1.54, 1.807) is 6.08 Å². The second-order valence-corrected chi connectivity index (χ2v) is 5.61. The molecule has 0 unspecified atom stereocenters. The van der Waals surface area contributed by atoms with E-state index in [4.69, 9.17) is 9.47 Å². The van der Waals surface area contributed by atoms with Gasteiger partial charge in [-0.3, -0.25) is 0 Å². The largest absolute Gasteiger partial charge is 0.478 e. The standard InChI is InChI=1S/C16H24O4/c1-2-7-14(15(17)18)16(19-12-8-3-4-9-12)20-13-10-5-6-11-13/h2,12-13H,1,3-11H2,(H,17,18). The molecule has 0 aromatic heterocycles. The molecule has 0 saturated heterocycles. The van der Waals surface area contributed by atoms with Gasteiger partial charge in [-0.05, 0) is 51.4 Å². The minimum absolute atomic E-state index is 0.102. The van der Waals surface area contributed by atoms with Crippen LogP contribution >= 0.6 is 0 Å². The molecule has 0 aliphatic heterocycles. The first-order valence-corrected chi connectivity index (χ1v) is 7.61. The summed E-state index contributed by atoms with van der Waals surface area (Å²) < 4.78 is 11.8. The van der Waals surface area contributed by atoms with Crippen molar-refractivity contribution in [3.8, 4) is 0 Å². The second-order valence-electron chi connectivity index (χ2n) is 5.61. The molecule has 2 aliphatic carbocycles. The maximum absolute atomic E-state index is 11.4. The molecule has 2 saturated carbocycles. The summed E-state index contributed by atoms with van der Waals surface area (Å²) in [6, 6.07) is 0. The van der Waals surface area contributed by atoms with Crippen LogP contribution in [0.1, 0.15) is 57.8 Å². The highest BCUT2D eigenvalue weighted by molar-refractivity contribution is 5.87. The van der Waals surface area contributed by atoms with Crippen molar-refractivity contribution in [3.63, 3.8) is 0 Å². The number of aliphatic carboxylic acids is 1. The Labute approximate surface area is 120 Å². The van der Waals surface area contributed by atoms with Crippen molar-refractivity contribution in [1.82, 2.24) is 0 Å². The third-order valence-corrected chi connectivity index (χ3v) is 4.00. The summed E-state index contributed by atoms with van der Waals surface area (Å²) in [6.07, 6.45) is 10.6. The molecule has 20 heavy (non-hydrogen) atoms. The van der Waals surface area contributed by atoms with Gasteiger partial charge in [-0.25, -0.2) is 4.79 Å². The van der Waals surface area contributed by atoms with Gasteiger partial charge in [0.05, 0.1) is 0 Å². The number of carboxylic acid groups (broad SMARTS) is 1. The summed E-state index contributed by atoms with van der Waals surface area (Å²) in [7, 11) is 0. The molecule has 4 nitrogen and oxygen atoms in total. The molecule has 0 heterocycles. The summed E-state index contributed by atoms with van der Waals surface area (Å²) in [5, 5.41) is 9.36.